The van der Waals surface area contributed by atoms with Crippen molar-refractivity contribution in [2.24, 2.45) is 0 Å². The number of nitrogens with one attached hydrogen (secondary N) is 2. The van der Waals surface area contributed by atoms with E-state index in [1.54, 1.807) is 17.6 Å². The highest BCUT2D eigenvalue weighted by molar-refractivity contribution is 7.13. The van der Waals surface area contributed by atoms with Crippen LogP contribution in [0.3, 0.4) is 0 Å². The molecule has 8 heteroatoms. The Kier molecular flexibility index (Phi) is 2.67. The van der Waals surface area contributed by atoms with Crippen molar-refractivity contribution in [2.75, 3.05) is 5.32 Å². The highest BCUT2D eigenvalue weighted by atomic mass is 32.1. The van der Waals surface area contributed by atoms with Crippen molar-refractivity contribution in [1.29, 1.82) is 0 Å². The summed E-state index contributed by atoms with van der Waals surface area (Å²) in [5.74, 6) is 0.123. The second-order valence-corrected chi connectivity index (χ2v) is 4.65. The minimum absolute atomic E-state index is 0.0187. The first kappa shape index (κ1) is 12.0. The van der Waals surface area contributed by atoms with Crippen LogP contribution in [0.1, 0.15) is 5.56 Å². The lowest BCUT2D eigenvalue weighted by Gasteiger charge is -2.08. The van der Waals surface area contributed by atoms with Gasteiger partial charge in [0.25, 0.3) is 0 Å². The van der Waals surface area contributed by atoms with E-state index in [1.807, 2.05) is 0 Å². The highest BCUT2D eigenvalue weighted by Gasteiger charge is 2.34. The first-order chi connectivity index (χ1) is 9.05. The van der Waals surface area contributed by atoms with Crippen LogP contribution in [0.2, 0.25) is 0 Å². The normalized spacial score (nSPS) is 11.9. The molecule has 4 nitrogen and oxygen atoms in total. The summed E-state index contributed by atoms with van der Waals surface area (Å²) in [7, 11) is 0. The lowest BCUT2D eigenvalue weighted by molar-refractivity contribution is -0.136. The molecule has 0 aliphatic heterocycles. The number of fused-ring (bicyclic) bond motifs is 1. The molecule has 0 aliphatic carbocycles. The third-order valence-corrected chi connectivity index (χ3v) is 3.24. The fourth-order valence-electron chi connectivity index (χ4n) is 1.79. The third kappa shape index (κ3) is 2.14. The maximum absolute atomic E-state index is 13.0. The van der Waals surface area contributed by atoms with Crippen LogP contribution in [0.25, 0.3) is 10.9 Å². The summed E-state index contributed by atoms with van der Waals surface area (Å²) in [6.45, 7) is 0. The number of alkyl halides is 3. The molecule has 0 bridgehead atoms. The predicted molar refractivity (Wildman–Crippen MR) is 66.5 cm³/mol. The first-order valence-corrected chi connectivity index (χ1v) is 6.14. The molecular weight excluding hydrogens is 277 g/mol. The van der Waals surface area contributed by atoms with E-state index in [-0.39, 0.29) is 11.2 Å². The van der Waals surface area contributed by atoms with Gasteiger partial charge in [0.05, 0.1) is 16.5 Å². The summed E-state index contributed by atoms with van der Waals surface area (Å²) < 4.78 is 38.9. The Morgan fingerprint density at radius 2 is 2.11 bits per heavy atom. The van der Waals surface area contributed by atoms with E-state index in [9.17, 15) is 13.2 Å². The molecule has 0 atom stereocenters. The maximum Gasteiger partial charge on any atom is 0.417 e. The zero-order valence-electron chi connectivity index (χ0n) is 9.32. The summed E-state index contributed by atoms with van der Waals surface area (Å²) in [5.41, 5.74) is -0.397. The smallest absolute Gasteiger partial charge is 0.314 e. The highest BCUT2D eigenvalue weighted by Crippen LogP contribution is 2.37. The summed E-state index contributed by atoms with van der Waals surface area (Å²) in [6, 6.07) is 3.92. The van der Waals surface area contributed by atoms with E-state index in [4.69, 9.17) is 0 Å². The monoisotopic (exact) mass is 284 g/mol. The molecule has 0 radical (unpaired) electrons. The van der Waals surface area contributed by atoms with Crippen molar-refractivity contribution in [2.45, 2.75) is 6.18 Å². The Balaban J connectivity index is 2.15. The largest absolute Gasteiger partial charge is 0.417 e. The predicted octanol–water partition coefficient (Wildman–Crippen LogP) is 3.78. The standard InChI is InChI=1S/C11H7F3N4S/c12-11(13,14)6-2-1-3-7-8(6)9(18-17-7)16-10-15-4-5-19-10/h1-5H,(H2,15,16,17,18). The van der Waals surface area contributed by atoms with Crippen molar-refractivity contribution >= 4 is 33.2 Å². The quantitative estimate of drug-likeness (QED) is 0.753. The van der Waals surface area contributed by atoms with Gasteiger partial charge in [0, 0.05) is 11.6 Å². The van der Waals surface area contributed by atoms with Crippen LogP contribution in [0.4, 0.5) is 24.1 Å². The van der Waals surface area contributed by atoms with Crippen molar-refractivity contribution in [3.63, 3.8) is 0 Å². The Labute approximate surface area is 109 Å². The number of thiazole rings is 1. The van der Waals surface area contributed by atoms with Gasteiger partial charge in [-0.3, -0.25) is 5.10 Å². The number of aromatic amines is 1. The molecule has 3 aromatic rings. The van der Waals surface area contributed by atoms with Crippen molar-refractivity contribution < 1.29 is 13.2 Å². The lowest BCUT2D eigenvalue weighted by Crippen LogP contribution is -2.06. The van der Waals surface area contributed by atoms with Crippen LogP contribution in [0.15, 0.2) is 29.8 Å². The number of hydrogen-bond acceptors (Lipinski definition) is 4. The van der Waals surface area contributed by atoms with E-state index < -0.39 is 11.7 Å². The minimum atomic E-state index is -4.43. The SMILES string of the molecule is FC(F)(F)c1cccc2[nH]nc(Nc3nccs3)c12. The number of anilines is 2. The minimum Gasteiger partial charge on any atom is -0.314 e. The molecule has 2 N–H and O–H groups in total. The van der Waals surface area contributed by atoms with Crippen LogP contribution in [-0.2, 0) is 6.18 Å². The van der Waals surface area contributed by atoms with Gasteiger partial charge >= 0.3 is 6.18 Å². The summed E-state index contributed by atoms with van der Waals surface area (Å²) in [5, 5.41) is 11.5. The Morgan fingerprint density at radius 1 is 1.26 bits per heavy atom. The number of rotatable bonds is 2. The van der Waals surface area contributed by atoms with Gasteiger partial charge in [0.2, 0.25) is 0 Å². The maximum atomic E-state index is 13.0. The molecule has 0 unspecified atom stereocenters. The van der Waals surface area contributed by atoms with Crippen LogP contribution in [0.5, 0.6) is 0 Å². The lowest BCUT2D eigenvalue weighted by atomic mass is 10.1. The Morgan fingerprint density at radius 3 is 2.79 bits per heavy atom. The van der Waals surface area contributed by atoms with Gasteiger partial charge < -0.3 is 5.32 Å². The van der Waals surface area contributed by atoms with Gasteiger partial charge in [-0.1, -0.05) is 6.07 Å². The number of H-pyrrole nitrogens is 1. The molecule has 0 amide bonds. The molecule has 0 spiro atoms. The number of aromatic nitrogens is 3. The van der Waals surface area contributed by atoms with Gasteiger partial charge in [-0.05, 0) is 12.1 Å². The van der Waals surface area contributed by atoms with Gasteiger partial charge in [-0.25, -0.2) is 4.98 Å². The van der Waals surface area contributed by atoms with Crippen LogP contribution in [-0.4, -0.2) is 15.2 Å². The molecule has 2 aromatic heterocycles. The Hall–Kier alpha value is -2.09. The summed E-state index contributed by atoms with van der Waals surface area (Å²) in [4.78, 5) is 3.96. The van der Waals surface area contributed by atoms with Gasteiger partial charge in [-0.2, -0.15) is 18.3 Å². The van der Waals surface area contributed by atoms with E-state index in [1.165, 1.54) is 17.4 Å². The molecule has 0 fully saturated rings. The summed E-state index contributed by atoms with van der Waals surface area (Å²) >= 11 is 1.29. The van der Waals surface area contributed by atoms with Crippen molar-refractivity contribution in [3.05, 3.63) is 35.3 Å². The molecule has 98 valence electrons. The number of benzene rings is 1. The zero-order valence-corrected chi connectivity index (χ0v) is 10.1. The van der Waals surface area contributed by atoms with Crippen LogP contribution < -0.4 is 5.32 Å². The van der Waals surface area contributed by atoms with E-state index in [0.29, 0.717) is 10.6 Å². The van der Waals surface area contributed by atoms with E-state index >= 15 is 0 Å². The van der Waals surface area contributed by atoms with Gasteiger partial charge in [0.15, 0.2) is 10.9 Å². The fraction of sp³-hybridized carbons (Fsp3) is 0.0909. The number of nitrogens with zero attached hydrogens (tertiary/aromatic N) is 2. The number of hydrogen-bond donors (Lipinski definition) is 2. The van der Waals surface area contributed by atoms with Crippen molar-refractivity contribution in [1.82, 2.24) is 15.2 Å². The van der Waals surface area contributed by atoms with Crippen molar-refractivity contribution in [3.8, 4) is 0 Å². The average Bonchev–Trinajstić information content (AvgIpc) is 2.98. The molecule has 1 aromatic carbocycles. The van der Waals surface area contributed by atoms with E-state index in [2.05, 4.69) is 20.5 Å². The molecule has 0 aliphatic rings. The van der Waals surface area contributed by atoms with Gasteiger partial charge in [0.1, 0.15) is 0 Å². The molecule has 3 rings (SSSR count). The topological polar surface area (TPSA) is 53.6 Å². The first-order valence-electron chi connectivity index (χ1n) is 5.26. The average molecular weight is 284 g/mol. The molecule has 0 saturated carbocycles. The van der Waals surface area contributed by atoms with Gasteiger partial charge in [-0.15, -0.1) is 11.3 Å². The Bertz CT molecular complexity index is 702. The van der Waals surface area contributed by atoms with Crippen LogP contribution >= 0.6 is 11.3 Å². The van der Waals surface area contributed by atoms with Crippen LogP contribution in [0, 0.1) is 0 Å². The third-order valence-electron chi connectivity index (χ3n) is 2.55. The second-order valence-electron chi connectivity index (χ2n) is 3.76. The molecule has 19 heavy (non-hydrogen) atoms. The number of halogens is 3. The molecular formula is C11H7F3N4S. The zero-order chi connectivity index (χ0) is 13.5. The fourth-order valence-corrected chi connectivity index (χ4v) is 2.31. The second kappa shape index (κ2) is 4.23. The summed E-state index contributed by atoms with van der Waals surface area (Å²) in [6.07, 6.45) is -2.87. The molecule has 0 saturated heterocycles. The van der Waals surface area contributed by atoms with E-state index in [0.717, 1.165) is 6.07 Å². The molecule has 2 heterocycles.